The summed E-state index contributed by atoms with van der Waals surface area (Å²) in [6.45, 7) is 13.4. The first kappa shape index (κ1) is 67.4. The molecule has 18 nitrogen and oxygen atoms in total. The summed E-state index contributed by atoms with van der Waals surface area (Å²) in [4.78, 5) is 82.2. The number of hydrogen-bond donors (Lipinski definition) is 0. The quantitative estimate of drug-likeness (QED) is 0.0875. The molecule has 20 aromatic rings. The van der Waals surface area contributed by atoms with Gasteiger partial charge in [0.05, 0.1) is 34.3 Å². The highest BCUT2D eigenvalue weighted by atomic mass is 15.1. The maximum atomic E-state index is 9.69. The van der Waals surface area contributed by atoms with Gasteiger partial charge in [0.2, 0.25) is 5.69 Å². The minimum atomic E-state index is 0.291. The monoisotopic (exact) mass is 1460 g/mol. The number of aromatic nitrogens is 17. The molecule has 0 aliphatic rings. The van der Waals surface area contributed by atoms with Gasteiger partial charge in [0.25, 0.3) is 0 Å². The third-order valence-corrected chi connectivity index (χ3v) is 20.2. The van der Waals surface area contributed by atoms with E-state index in [1.165, 1.54) is 0 Å². The summed E-state index contributed by atoms with van der Waals surface area (Å²) in [5.41, 5.74) is 14.5. The molecule has 0 unspecified atom stereocenters. The number of hydrogen-bond acceptors (Lipinski definition) is 15. The van der Waals surface area contributed by atoms with Crippen LogP contribution in [0.2, 0.25) is 0 Å². The summed E-state index contributed by atoms with van der Waals surface area (Å²) < 4.78 is 4.35. The lowest BCUT2D eigenvalue weighted by Gasteiger charge is -2.19. The van der Waals surface area contributed by atoms with Crippen LogP contribution in [0.15, 0.2) is 328 Å². The van der Waals surface area contributed by atoms with Crippen LogP contribution in [0.3, 0.4) is 0 Å². The first-order chi connectivity index (χ1) is 56.2. The summed E-state index contributed by atoms with van der Waals surface area (Å²) >= 11 is 0. The molecule has 7 aromatic heterocycles. The second-order valence-corrected chi connectivity index (χ2v) is 27.5. The van der Waals surface area contributed by atoms with E-state index in [-0.39, 0.29) is 0 Å². The zero-order chi connectivity index (χ0) is 76.2. The fourth-order valence-corrected chi connectivity index (χ4v) is 14.8. The van der Waals surface area contributed by atoms with Gasteiger partial charge in [-0.1, -0.05) is 291 Å². The molecule has 0 saturated heterocycles. The number of nitrogens with zero attached hydrogens (tertiary/aromatic N) is 18. The van der Waals surface area contributed by atoms with Gasteiger partial charge in [0.15, 0.2) is 75.7 Å². The van der Waals surface area contributed by atoms with Crippen LogP contribution in [0.4, 0.5) is 5.69 Å². The second-order valence-electron chi connectivity index (χ2n) is 27.5. The van der Waals surface area contributed by atoms with Crippen molar-refractivity contribution < 1.29 is 0 Å². The van der Waals surface area contributed by atoms with E-state index in [2.05, 4.69) is 86.8 Å². The Morgan fingerprint density at radius 3 is 0.632 bits per heavy atom. The Labute approximate surface area is 653 Å². The predicted octanol–water partition coefficient (Wildman–Crippen LogP) is 21.6. The minimum Gasteiger partial charge on any atom is -0.319 e. The molecule has 0 N–H and O–H groups in total. The number of benzene rings is 13. The fourth-order valence-electron chi connectivity index (χ4n) is 14.8. The average molecular weight is 1470 g/mol. The molecule has 18 heteroatoms. The van der Waals surface area contributed by atoms with Gasteiger partial charge in [-0.2, -0.15) is 0 Å². The van der Waals surface area contributed by atoms with Gasteiger partial charge in [-0.05, 0) is 50.2 Å². The zero-order valence-corrected chi connectivity index (χ0v) is 61.2. The Morgan fingerprint density at radius 2 is 0.412 bits per heavy atom. The molecule has 13 aromatic carbocycles. The topological polar surface area (TPSA) is 208 Å². The van der Waals surface area contributed by atoms with Gasteiger partial charge in [-0.15, -0.1) is 0 Å². The average Bonchev–Trinajstić information content (AvgIpc) is 1.57. The molecule has 0 bridgehead atoms. The molecule has 0 radical (unpaired) electrons. The van der Waals surface area contributed by atoms with Crippen LogP contribution in [-0.4, -0.2) is 83.9 Å². The summed E-state index contributed by atoms with van der Waals surface area (Å²) in [5, 5.41) is 3.56. The van der Waals surface area contributed by atoms with Gasteiger partial charge >= 0.3 is 0 Å². The molecule has 0 spiro atoms. The lowest BCUT2D eigenvalue weighted by Crippen LogP contribution is -2.06. The minimum absolute atomic E-state index is 0.291. The van der Waals surface area contributed by atoms with Crippen molar-refractivity contribution in [2.24, 2.45) is 0 Å². The van der Waals surface area contributed by atoms with E-state index in [1.54, 1.807) is 0 Å². The van der Waals surface area contributed by atoms with Crippen molar-refractivity contribution in [3.8, 4) is 159 Å². The van der Waals surface area contributed by atoms with Gasteiger partial charge in [-0.25, -0.2) is 79.6 Å². The van der Waals surface area contributed by atoms with Crippen LogP contribution in [0, 0.1) is 20.4 Å². The Morgan fingerprint density at radius 1 is 0.202 bits per heavy atom. The highest BCUT2D eigenvalue weighted by molar-refractivity contribution is 6.13. The second kappa shape index (κ2) is 28.5. The standard InChI is InChI=1S/C96H60N18/c1-58-98-59(2)100-96(99-58)76-56-83(114-80-54-70(94-109-88(64-36-20-8-21-37-64)103-89(110-94)65-38-22-9-23-39-65)46-50-74(80)75-51-47-71(55-81(75)114)95-111-90(66-40-24-10-25-41-66)104-91(112-95)67-42-26-11-27-43-67)77(97-3)57-82(76)113-78-52-68(92-105-84(60-28-12-4-13-29-60)101-85(106-92)61-30-14-5-15-31-61)44-48-72(78)73-49-45-69(53-79(73)113)93-107-86(62-32-16-6-17-33-62)102-87(108-93)63-34-18-7-19-35-63/h4-57H,1-2H3. The lowest BCUT2D eigenvalue weighted by atomic mass is 10.1. The van der Waals surface area contributed by atoms with E-state index in [9.17, 15) is 6.57 Å². The Balaban J connectivity index is 0.875. The highest BCUT2D eigenvalue weighted by Crippen LogP contribution is 2.46. The lowest BCUT2D eigenvalue weighted by molar-refractivity contribution is 0.926. The van der Waals surface area contributed by atoms with Gasteiger partial charge < -0.3 is 9.13 Å². The van der Waals surface area contributed by atoms with Crippen LogP contribution < -0.4 is 0 Å². The first-order valence-electron chi connectivity index (χ1n) is 37.1. The Bertz CT molecular complexity index is 6550. The Hall–Kier alpha value is -16.0. The molecular weight excluding hydrogens is 1410 g/mol. The smallest absolute Gasteiger partial charge is 0.212 e. The van der Waals surface area contributed by atoms with E-state index < -0.39 is 0 Å². The van der Waals surface area contributed by atoms with Crippen LogP contribution in [-0.2, 0) is 0 Å². The molecule has 0 amide bonds. The zero-order valence-electron chi connectivity index (χ0n) is 61.2. The largest absolute Gasteiger partial charge is 0.319 e. The van der Waals surface area contributed by atoms with Crippen LogP contribution in [0.1, 0.15) is 11.6 Å². The van der Waals surface area contributed by atoms with Crippen molar-refractivity contribution >= 4 is 49.3 Å². The maximum Gasteiger partial charge on any atom is 0.212 e. The molecule has 0 atom stereocenters. The van der Waals surface area contributed by atoms with Crippen molar-refractivity contribution in [2.75, 3.05) is 0 Å². The van der Waals surface area contributed by atoms with E-state index in [0.29, 0.717) is 132 Å². The van der Waals surface area contributed by atoms with E-state index in [1.807, 2.05) is 269 Å². The molecule has 7 heterocycles. The predicted molar refractivity (Wildman–Crippen MR) is 448 cm³/mol. The number of rotatable bonds is 15. The van der Waals surface area contributed by atoms with Crippen molar-refractivity contribution in [1.29, 1.82) is 0 Å². The molecule has 534 valence electrons. The van der Waals surface area contributed by atoms with Crippen LogP contribution >= 0.6 is 0 Å². The van der Waals surface area contributed by atoms with E-state index >= 15 is 0 Å². The summed E-state index contributed by atoms with van der Waals surface area (Å²) in [5.74, 6) is 7.28. The fraction of sp³-hybridized carbons (Fsp3) is 0.0208. The first-order valence-corrected chi connectivity index (χ1v) is 37.1. The third kappa shape index (κ3) is 12.6. The molecule has 0 saturated carbocycles. The maximum absolute atomic E-state index is 9.69. The summed E-state index contributed by atoms with van der Waals surface area (Å²) in [6, 6.07) is 109. The molecule has 114 heavy (non-hydrogen) atoms. The summed E-state index contributed by atoms with van der Waals surface area (Å²) in [6.07, 6.45) is 0. The third-order valence-electron chi connectivity index (χ3n) is 20.2. The van der Waals surface area contributed by atoms with Crippen molar-refractivity contribution in [3.05, 3.63) is 351 Å². The van der Waals surface area contributed by atoms with Crippen molar-refractivity contribution in [2.45, 2.75) is 13.8 Å². The van der Waals surface area contributed by atoms with E-state index in [4.69, 9.17) is 74.8 Å². The summed E-state index contributed by atoms with van der Waals surface area (Å²) in [7, 11) is 0. The van der Waals surface area contributed by atoms with Gasteiger partial charge in [0.1, 0.15) is 11.6 Å². The molecule has 0 aliphatic heterocycles. The van der Waals surface area contributed by atoms with Crippen molar-refractivity contribution in [1.82, 2.24) is 83.9 Å². The molecular formula is C96H60N18. The van der Waals surface area contributed by atoms with Crippen LogP contribution in [0.25, 0.3) is 208 Å². The van der Waals surface area contributed by atoms with Gasteiger partial charge in [0, 0.05) is 99.6 Å². The highest BCUT2D eigenvalue weighted by Gasteiger charge is 2.28. The molecule has 20 rings (SSSR count). The molecule has 0 fully saturated rings. The normalized spacial score (nSPS) is 11.4. The van der Waals surface area contributed by atoms with Crippen LogP contribution in [0.5, 0.6) is 0 Å². The van der Waals surface area contributed by atoms with E-state index in [0.717, 1.165) is 88.1 Å². The van der Waals surface area contributed by atoms with Crippen molar-refractivity contribution in [3.63, 3.8) is 0 Å². The molecule has 0 aliphatic carbocycles. The number of aryl methyl sites for hydroxylation is 2. The number of fused-ring (bicyclic) bond motifs is 6. The van der Waals surface area contributed by atoms with Gasteiger partial charge in [-0.3, -0.25) is 0 Å². The Kier molecular flexibility index (Phi) is 16.9. The SMILES string of the molecule is [C-]#[N+]c1cc(-n2c3cc(-c4nc(-c5ccccc5)nc(-c5ccccc5)n4)ccc3c3ccc(-c4nc(-c5ccccc5)nc(-c5ccccc5)n4)cc32)c(-c2nc(C)nc(C)n2)cc1-n1c2cc(-c3nc(-c4ccccc4)nc(-c4ccccc4)n3)ccc2c2ccc(-c3nc(-c4ccccc4)nc(-c4ccccc4)n3)cc21.